The first-order chi connectivity index (χ1) is 9.04. The highest BCUT2D eigenvalue weighted by Crippen LogP contribution is 2.13. The Kier molecular flexibility index (Phi) is 6.17. The molecule has 0 aromatic heterocycles. The zero-order chi connectivity index (χ0) is 14.3. The maximum atomic E-state index is 4.39. The Hall–Kier alpha value is -1.73. The molecule has 98 valence electrons. The molecule has 0 heterocycles. The monoisotopic (exact) mass is 268 g/mol. The smallest absolute Gasteiger partial charge is 0.00000711 e. The SMILES string of the molecule is C=c1ccccc(=C)c(/C(C)=C/C(S)=C\C)ccc1. The van der Waals surface area contributed by atoms with Gasteiger partial charge in [0.1, 0.15) is 0 Å². The van der Waals surface area contributed by atoms with Crippen LogP contribution in [0.2, 0.25) is 0 Å². The van der Waals surface area contributed by atoms with E-state index < -0.39 is 0 Å². The summed E-state index contributed by atoms with van der Waals surface area (Å²) >= 11 is 4.39. The molecule has 1 heteroatoms. The van der Waals surface area contributed by atoms with Crippen LogP contribution in [0.1, 0.15) is 19.4 Å². The van der Waals surface area contributed by atoms with Crippen molar-refractivity contribution in [3.63, 3.8) is 0 Å². The summed E-state index contributed by atoms with van der Waals surface area (Å²) in [5.41, 5.74) is 2.24. The summed E-state index contributed by atoms with van der Waals surface area (Å²) in [5, 5.41) is 1.95. The summed E-state index contributed by atoms with van der Waals surface area (Å²) in [5.74, 6) is 0. The largest absolute Gasteiger partial charge is 0.144 e. The van der Waals surface area contributed by atoms with Crippen LogP contribution in [0.25, 0.3) is 18.7 Å². The van der Waals surface area contributed by atoms with Gasteiger partial charge >= 0.3 is 0 Å². The molecule has 0 saturated heterocycles. The Morgan fingerprint density at radius 2 is 1.68 bits per heavy atom. The summed E-state index contributed by atoms with van der Waals surface area (Å²) < 4.78 is 0. The predicted molar refractivity (Wildman–Crippen MR) is 90.8 cm³/mol. The van der Waals surface area contributed by atoms with Gasteiger partial charge in [0.15, 0.2) is 0 Å². The molecule has 0 nitrogen and oxygen atoms in total. The van der Waals surface area contributed by atoms with Crippen molar-refractivity contribution in [1.29, 1.82) is 0 Å². The summed E-state index contributed by atoms with van der Waals surface area (Å²) in [7, 11) is 0. The molecule has 0 amide bonds. The lowest BCUT2D eigenvalue weighted by molar-refractivity contribution is 1.52. The first-order valence-corrected chi connectivity index (χ1v) is 6.64. The minimum Gasteiger partial charge on any atom is -0.144 e. The van der Waals surface area contributed by atoms with E-state index in [0.717, 1.165) is 26.5 Å². The van der Waals surface area contributed by atoms with Gasteiger partial charge in [0, 0.05) is 4.91 Å². The number of hydrogen-bond acceptors (Lipinski definition) is 1. The summed E-state index contributed by atoms with van der Waals surface area (Å²) in [6.07, 6.45) is 4.00. The van der Waals surface area contributed by atoms with Gasteiger partial charge < -0.3 is 0 Å². The average molecular weight is 268 g/mol. The predicted octanol–water partition coefficient (Wildman–Crippen LogP) is 3.87. The van der Waals surface area contributed by atoms with Gasteiger partial charge in [-0.05, 0) is 41.5 Å². The van der Waals surface area contributed by atoms with E-state index in [4.69, 9.17) is 0 Å². The molecule has 19 heavy (non-hydrogen) atoms. The summed E-state index contributed by atoms with van der Waals surface area (Å²) in [6.45, 7) is 12.1. The normalized spacial score (nSPS) is 11.9. The lowest BCUT2D eigenvalue weighted by Gasteiger charge is -2.00. The van der Waals surface area contributed by atoms with Crippen molar-refractivity contribution >= 4 is 31.4 Å². The number of allylic oxidation sites excluding steroid dienone is 3. The van der Waals surface area contributed by atoms with Gasteiger partial charge in [-0.2, -0.15) is 0 Å². The fourth-order valence-corrected chi connectivity index (χ4v) is 1.83. The highest BCUT2D eigenvalue weighted by Gasteiger charge is 1.94. The van der Waals surface area contributed by atoms with E-state index in [-0.39, 0.29) is 0 Å². The van der Waals surface area contributed by atoms with Crippen LogP contribution in [0.4, 0.5) is 0 Å². The number of rotatable bonds is 2. The third-order valence-corrected chi connectivity index (χ3v) is 3.11. The molecule has 0 atom stereocenters. The average Bonchev–Trinajstić information content (AvgIpc) is 2.38. The van der Waals surface area contributed by atoms with E-state index >= 15 is 0 Å². The van der Waals surface area contributed by atoms with Gasteiger partial charge in [0.05, 0.1) is 0 Å². The molecule has 0 radical (unpaired) electrons. The van der Waals surface area contributed by atoms with Gasteiger partial charge in [0.25, 0.3) is 0 Å². The quantitative estimate of drug-likeness (QED) is 0.611. The topological polar surface area (TPSA) is 0 Å². The molecule has 0 unspecified atom stereocenters. The van der Waals surface area contributed by atoms with Gasteiger partial charge in [-0.3, -0.25) is 0 Å². The second-order valence-electron chi connectivity index (χ2n) is 4.30. The van der Waals surface area contributed by atoms with Gasteiger partial charge in [0.2, 0.25) is 0 Å². The molecule has 1 aromatic carbocycles. The third kappa shape index (κ3) is 5.19. The molecule has 0 aliphatic rings. The van der Waals surface area contributed by atoms with E-state index in [1.54, 1.807) is 0 Å². The van der Waals surface area contributed by atoms with Gasteiger partial charge in [-0.1, -0.05) is 61.7 Å². The molecule has 0 fully saturated rings. The molecule has 0 bridgehead atoms. The van der Waals surface area contributed by atoms with E-state index in [1.807, 2.05) is 55.5 Å². The molecule has 1 rings (SSSR count). The van der Waals surface area contributed by atoms with Gasteiger partial charge in [-0.15, -0.1) is 12.6 Å². The van der Waals surface area contributed by atoms with Crippen LogP contribution in [0.3, 0.4) is 0 Å². The highest BCUT2D eigenvalue weighted by atomic mass is 32.1. The number of thiol groups is 1. The lowest BCUT2D eigenvalue weighted by atomic mass is 10.1. The fraction of sp³-hybridized carbons (Fsp3) is 0.111. The van der Waals surface area contributed by atoms with Crippen LogP contribution in [0, 0.1) is 0 Å². The van der Waals surface area contributed by atoms with Crippen molar-refractivity contribution in [1.82, 2.24) is 0 Å². The van der Waals surface area contributed by atoms with Crippen molar-refractivity contribution in [3.8, 4) is 0 Å². The second-order valence-corrected chi connectivity index (χ2v) is 4.82. The summed E-state index contributed by atoms with van der Waals surface area (Å²) in [6, 6.07) is 13.9. The zero-order valence-electron chi connectivity index (χ0n) is 11.6. The first-order valence-electron chi connectivity index (χ1n) is 6.20. The minimum absolute atomic E-state index is 0.945. The van der Waals surface area contributed by atoms with Crippen molar-refractivity contribution < 1.29 is 0 Å². The van der Waals surface area contributed by atoms with Crippen LogP contribution in [0.5, 0.6) is 0 Å². The standard InChI is InChI=1S/C18H20S/c1-5-17(19)13-16(4)18-12-8-10-14(2)9-6-7-11-15(18)3/h5-13,19H,2-3H2,1,4H3/b9-6?,10-8?,11-7?,16-13+,17-5+,18-12?. The van der Waals surface area contributed by atoms with Crippen LogP contribution in [-0.4, -0.2) is 0 Å². The molecule has 0 saturated carbocycles. The third-order valence-electron chi connectivity index (χ3n) is 2.72. The Labute approximate surface area is 121 Å². The Bertz CT molecular complexity index is 650. The number of hydrogen-bond donors (Lipinski definition) is 1. The Morgan fingerprint density at radius 3 is 2.37 bits per heavy atom. The molecular weight excluding hydrogens is 248 g/mol. The van der Waals surface area contributed by atoms with E-state index in [0.29, 0.717) is 0 Å². The minimum atomic E-state index is 0.945. The van der Waals surface area contributed by atoms with Crippen molar-refractivity contribution in [2.75, 3.05) is 0 Å². The van der Waals surface area contributed by atoms with E-state index in [1.165, 1.54) is 0 Å². The van der Waals surface area contributed by atoms with Crippen LogP contribution < -0.4 is 10.4 Å². The van der Waals surface area contributed by atoms with Crippen molar-refractivity contribution in [2.24, 2.45) is 0 Å². The molecule has 0 aliphatic heterocycles. The van der Waals surface area contributed by atoms with Crippen molar-refractivity contribution in [3.05, 3.63) is 75.5 Å². The Balaban J connectivity index is 3.51. The second kappa shape index (κ2) is 7.65. The molecular formula is C18H20S. The van der Waals surface area contributed by atoms with E-state index in [2.05, 4.69) is 38.8 Å². The molecule has 1 aromatic rings. The first kappa shape index (κ1) is 15.3. The lowest BCUT2D eigenvalue weighted by Crippen LogP contribution is -2.02. The highest BCUT2D eigenvalue weighted by molar-refractivity contribution is 7.84. The van der Waals surface area contributed by atoms with Crippen molar-refractivity contribution in [2.45, 2.75) is 13.8 Å². The van der Waals surface area contributed by atoms with Gasteiger partial charge in [-0.25, -0.2) is 0 Å². The molecule has 0 aliphatic carbocycles. The maximum absolute atomic E-state index is 4.39. The Morgan fingerprint density at radius 1 is 1.05 bits per heavy atom. The fourth-order valence-electron chi connectivity index (χ4n) is 1.64. The maximum Gasteiger partial charge on any atom is 0.00000711 e. The molecule has 0 spiro atoms. The van der Waals surface area contributed by atoms with Crippen LogP contribution in [-0.2, 0) is 0 Å². The molecule has 0 N–H and O–H groups in total. The van der Waals surface area contributed by atoms with Crippen LogP contribution >= 0.6 is 12.6 Å². The zero-order valence-corrected chi connectivity index (χ0v) is 12.5. The van der Waals surface area contributed by atoms with E-state index in [9.17, 15) is 0 Å². The summed E-state index contributed by atoms with van der Waals surface area (Å²) in [4.78, 5) is 0.945. The van der Waals surface area contributed by atoms with Crippen LogP contribution in [0.15, 0.2) is 59.5 Å².